The normalized spacial score (nSPS) is 16.0. The molecule has 1 aliphatic carbocycles. The van der Waals surface area contributed by atoms with Crippen LogP contribution in [0, 0.1) is 0 Å². The van der Waals surface area contributed by atoms with Crippen LogP contribution < -0.4 is 0 Å². The van der Waals surface area contributed by atoms with Crippen molar-refractivity contribution in [3.05, 3.63) is 54.9 Å². The van der Waals surface area contributed by atoms with Crippen LogP contribution in [-0.4, -0.2) is 4.98 Å². The van der Waals surface area contributed by atoms with Crippen molar-refractivity contribution in [3.8, 4) is 0 Å². The summed E-state index contributed by atoms with van der Waals surface area (Å²) in [5, 5.41) is 0. The molecule has 0 saturated carbocycles. The second kappa shape index (κ2) is 11.4. The van der Waals surface area contributed by atoms with E-state index in [1.807, 2.05) is 18.2 Å². The summed E-state index contributed by atoms with van der Waals surface area (Å²) in [6.45, 7) is 0. The molecule has 83 valence electrons. The molecule has 2 rings (SSSR count). The summed E-state index contributed by atoms with van der Waals surface area (Å²) < 4.78 is 0. The molecule has 0 amide bonds. The first-order valence-corrected chi connectivity index (χ1v) is 5.15. The van der Waals surface area contributed by atoms with Crippen LogP contribution >= 0.6 is 0 Å². The van der Waals surface area contributed by atoms with Gasteiger partial charge in [-0.3, -0.25) is 4.98 Å². The Kier molecular flexibility index (Phi) is 10.8. The molecule has 0 spiro atoms. The SMILES string of the molecule is C1=CCC/C=C\CC1.[Ir].c1ccncc1. The third kappa shape index (κ3) is 9.58. The molecule has 1 radical (unpaired) electrons. The van der Waals surface area contributed by atoms with E-state index in [1.54, 1.807) is 12.4 Å². The second-order valence-electron chi connectivity index (χ2n) is 3.12. The van der Waals surface area contributed by atoms with Crippen molar-refractivity contribution in [3.63, 3.8) is 0 Å². The van der Waals surface area contributed by atoms with Gasteiger partial charge in [-0.25, -0.2) is 0 Å². The molecule has 0 bridgehead atoms. The van der Waals surface area contributed by atoms with Gasteiger partial charge < -0.3 is 0 Å². The van der Waals surface area contributed by atoms with E-state index in [0.717, 1.165) is 0 Å². The summed E-state index contributed by atoms with van der Waals surface area (Å²) in [6.07, 6.45) is 17.5. The van der Waals surface area contributed by atoms with Crippen LogP contribution in [0.2, 0.25) is 0 Å². The molecule has 1 aromatic heterocycles. The van der Waals surface area contributed by atoms with Crippen LogP contribution in [0.15, 0.2) is 54.9 Å². The van der Waals surface area contributed by atoms with Gasteiger partial charge in [0.05, 0.1) is 0 Å². The van der Waals surface area contributed by atoms with Crippen LogP contribution in [0.1, 0.15) is 25.7 Å². The van der Waals surface area contributed by atoms with Gasteiger partial charge in [0.2, 0.25) is 0 Å². The molecule has 2 heteroatoms. The predicted molar refractivity (Wildman–Crippen MR) is 61.0 cm³/mol. The van der Waals surface area contributed by atoms with Crippen LogP contribution in [0.5, 0.6) is 0 Å². The van der Waals surface area contributed by atoms with Crippen LogP contribution in [-0.2, 0) is 20.1 Å². The van der Waals surface area contributed by atoms with E-state index in [1.165, 1.54) is 25.7 Å². The van der Waals surface area contributed by atoms with Crippen molar-refractivity contribution in [2.24, 2.45) is 0 Å². The van der Waals surface area contributed by atoms with Gasteiger partial charge in [0.25, 0.3) is 0 Å². The minimum Gasteiger partial charge on any atom is -0.265 e. The van der Waals surface area contributed by atoms with Gasteiger partial charge in [0.1, 0.15) is 0 Å². The first-order valence-electron chi connectivity index (χ1n) is 5.15. The number of rotatable bonds is 0. The van der Waals surface area contributed by atoms with Crippen LogP contribution in [0.25, 0.3) is 0 Å². The zero-order valence-corrected chi connectivity index (χ0v) is 11.2. The minimum atomic E-state index is 0. The average Bonchev–Trinajstić information content (AvgIpc) is 2.20. The third-order valence-corrected chi connectivity index (χ3v) is 1.90. The van der Waals surface area contributed by atoms with Crippen molar-refractivity contribution < 1.29 is 20.1 Å². The van der Waals surface area contributed by atoms with Crippen molar-refractivity contribution >= 4 is 0 Å². The van der Waals surface area contributed by atoms with Crippen LogP contribution in [0.4, 0.5) is 0 Å². The van der Waals surface area contributed by atoms with E-state index >= 15 is 0 Å². The summed E-state index contributed by atoms with van der Waals surface area (Å²) in [6, 6.07) is 5.72. The number of aromatic nitrogens is 1. The maximum atomic E-state index is 3.78. The first kappa shape index (κ1) is 14.3. The van der Waals surface area contributed by atoms with Gasteiger partial charge in [-0.05, 0) is 37.8 Å². The number of nitrogens with zero attached hydrogens (tertiary/aromatic N) is 1. The molecular formula is C13H17IrN. The van der Waals surface area contributed by atoms with Crippen molar-refractivity contribution in [1.82, 2.24) is 4.98 Å². The summed E-state index contributed by atoms with van der Waals surface area (Å²) in [5.41, 5.74) is 0. The standard InChI is InChI=1S/C8H12.C5H5N.Ir/c1-2-4-6-8-7-5-3-1;1-2-4-6-5-3-1;/h1-2,7-8H,3-6H2;1-5H;/b2-1-,8-7?;;. The Bertz CT molecular complexity index is 214. The van der Waals surface area contributed by atoms with Gasteiger partial charge in [-0.15, -0.1) is 0 Å². The molecule has 0 unspecified atom stereocenters. The number of pyridine rings is 1. The second-order valence-corrected chi connectivity index (χ2v) is 3.12. The van der Waals surface area contributed by atoms with E-state index in [2.05, 4.69) is 29.3 Å². The summed E-state index contributed by atoms with van der Waals surface area (Å²) in [7, 11) is 0. The number of allylic oxidation sites excluding steroid dienone is 4. The molecule has 1 aromatic rings. The fourth-order valence-corrected chi connectivity index (χ4v) is 1.17. The van der Waals surface area contributed by atoms with E-state index in [-0.39, 0.29) is 20.1 Å². The predicted octanol–water partition coefficient (Wildman–Crippen LogP) is 3.75. The van der Waals surface area contributed by atoms with Gasteiger partial charge >= 0.3 is 0 Å². The Labute approximate surface area is 106 Å². The Morgan fingerprint density at radius 2 is 1.00 bits per heavy atom. The largest absolute Gasteiger partial charge is 0.265 e. The first-order chi connectivity index (χ1) is 7.00. The fraction of sp³-hybridized carbons (Fsp3) is 0.308. The molecule has 0 aliphatic heterocycles. The molecule has 1 nitrogen and oxygen atoms in total. The number of hydrogen-bond acceptors (Lipinski definition) is 1. The van der Waals surface area contributed by atoms with Crippen molar-refractivity contribution in [2.45, 2.75) is 25.7 Å². The van der Waals surface area contributed by atoms with E-state index < -0.39 is 0 Å². The van der Waals surface area contributed by atoms with Crippen molar-refractivity contribution in [1.29, 1.82) is 0 Å². The summed E-state index contributed by atoms with van der Waals surface area (Å²) >= 11 is 0. The molecule has 0 fully saturated rings. The Hall–Kier alpha value is -0.721. The quantitative estimate of drug-likeness (QED) is 0.626. The molecule has 0 N–H and O–H groups in total. The molecule has 15 heavy (non-hydrogen) atoms. The van der Waals surface area contributed by atoms with Gasteiger partial charge in [-0.1, -0.05) is 30.4 Å². The smallest absolute Gasteiger partial charge is 0.0267 e. The van der Waals surface area contributed by atoms with Crippen molar-refractivity contribution in [2.75, 3.05) is 0 Å². The Morgan fingerprint density at radius 1 is 0.600 bits per heavy atom. The van der Waals surface area contributed by atoms with Gasteiger partial charge in [0.15, 0.2) is 0 Å². The monoisotopic (exact) mass is 380 g/mol. The zero-order chi connectivity index (χ0) is 9.90. The summed E-state index contributed by atoms with van der Waals surface area (Å²) in [4.78, 5) is 3.78. The van der Waals surface area contributed by atoms with Gasteiger partial charge in [0, 0.05) is 32.5 Å². The maximum Gasteiger partial charge on any atom is 0.0267 e. The molecule has 1 aliphatic rings. The van der Waals surface area contributed by atoms with Crippen LogP contribution in [0.3, 0.4) is 0 Å². The average molecular weight is 380 g/mol. The minimum absolute atomic E-state index is 0. The summed E-state index contributed by atoms with van der Waals surface area (Å²) in [5.74, 6) is 0. The topological polar surface area (TPSA) is 12.9 Å². The molecular weight excluding hydrogens is 362 g/mol. The molecule has 1 heterocycles. The maximum absolute atomic E-state index is 3.78. The molecule has 0 saturated heterocycles. The van der Waals surface area contributed by atoms with E-state index in [0.29, 0.717) is 0 Å². The molecule has 0 atom stereocenters. The van der Waals surface area contributed by atoms with E-state index in [9.17, 15) is 0 Å². The van der Waals surface area contributed by atoms with Gasteiger partial charge in [-0.2, -0.15) is 0 Å². The fourth-order valence-electron chi connectivity index (χ4n) is 1.17. The Balaban J connectivity index is 0.000000253. The van der Waals surface area contributed by atoms with E-state index in [4.69, 9.17) is 0 Å². The molecule has 0 aromatic carbocycles. The third-order valence-electron chi connectivity index (χ3n) is 1.90. The Morgan fingerprint density at radius 3 is 1.20 bits per heavy atom. The number of hydrogen-bond donors (Lipinski definition) is 0. The zero-order valence-electron chi connectivity index (χ0n) is 8.81.